The first kappa shape index (κ1) is 42.7. The summed E-state index contributed by atoms with van der Waals surface area (Å²) < 4.78 is 50.0. The van der Waals surface area contributed by atoms with Gasteiger partial charge < -0.3 is 29.5 Å². The van der Waals surface area contributed by atoms with Gasteiger partial charge in [-0.1, -0.05) is 53.0 Å². The smallest absolute Gasteiger partial charge is 0.410 e. The van der Waals surface area contributed by atoms with E-state index in [1.165, 1.54) is 0 Å². The Balaban J connectivity index is 1.19. The number of ether oxygens (including phenoxy) is 2. The van der Waals surface area contributed by atoms with Gasteiger partial charge in [-0.2, -0.15) is 13.2 Å². The molecule has 2 aliphatic heterocycles. The Morgan fingerprint density at radius 2 is 1.65 bits per heavy atom. The minimum atomic E-state index is -4.62. The third kappa shape index (κ3) is 11.4. The van der Waals surface area contributed by atoms with Crippen LogP contribution in [-0.2, 0) is 27.4 Å². The van der Waals surface area contributed by atoms with Crippen molar-refractivity contribution in [3.05, 3.63) is 86.0 Å². The minimum Gasteiger partial charge on any atom is -0.485 e. The van der Waals surface area contributed by atoms with Crippen molar-refractivity contribution < 1.29 is 37.0 Å². The fourth-order valence-corrected chi connectivity index (χ4v) is 8.23. The number of hydrogen-bond donors (Lipinski definition) is 1. The van der Waals surface area contributed by atoms with Crippen molar-refractivity contribution in [1.82, 2.24) is 20.1 Å². The highest BCUT2D eigenvalue weighted by Crippen LogP contribution is 2.40. The first-order valence-electron chi connectivity index (χ1n) is 19.1. The van der Waals surface area contributed by atoms with E-state index in [9.17, 15) is 27.6 Å². The molecule has 57 heavy (non-hydrogen) atoms. The van der Waals surface area contributed by atoms with Gasteiger partial charge in [0.25, 0.3) is 0 Å². The van der Waals surface area contributed by atoms with Crippen molar-refractivity contribution in [1.29, 1.82) is 0 Å². The van der Waals surface area contributed by atoms with E-state index in [1.807, 2.05) is 31.2 Å². The molecule has 16 heteroatoms. The number of nitrogens with zero attached hydrogens (tertiary/aromatic N) is 4. The number of rotatable bonds is 11. The van der Waals surface area contributed by atoms with Gasteiger partial charge in [0.05, 0.1) is 22.5 Å². The van der Waals surface area contributed by atoms with Gasteiger partial charge >= 0.3 is 12.3 Å². The number of aryl methyl sites for hydroxylation is 1. The van der Waals surface area contributed by atoms with Crippen LogP contribution in [0.25, 0.3) is 0 Å². The van der Waals surface area contributed by atoms with Gasteiger partial charge in [-0.3, -0.25) is 9.59 Å². The first-order valence-corrected chi connectivity index (χ1v) is 20.2. The normalized spacial score (nSPS) is 20.0. The molecule has 3 atom stereocenters. The van der Waals surface area contributed by atoms with Crippen molar-refractivity contribution in [2.45, 2.75) is 103 Å². The number of pyridine rings is 1. The van der Waals surface area contributed by atoms with Crippen LogP contribution in [0.3, 0.4) is 0 Å². The monoisotopic (exact) mass is 851 g/mol. The highest BCUT2D eigenvalue weighted by atomic mass is 35.5. The number of carbonyl (C=O) groups excluding carboxylic acids is 3. The van der Waals surface area contributed by atoms with Crippen molar-refractivity contribution in [2.75, 3.05) is 31.1 Å². The average molecular weight is 853 g/mol. The van der Waals surface area contributed by atoms with Crippen LogP contribution in [0.5, 0.6) is 5.75 Å². The molecule has 1 aromatic heterocycles. The molecule has 6 rings (SSSR count). The van der Waals surface area contributed by atoms with Crippen molar-refractivity contribution >= 4 is 58.5 Å². The van der Waals surface area contributed by atoms with Crippen LogP contribution in [0.15, 0.2) is 48.7 Å². The summed E-state index contributed by atoms with van der Waals surface area (Å²) in [4.78, 5) is 50.3. The molecule has 1 saturated carbocycles. The lowest BCUT2D eigenvalue weighted by Gasteiger charge is -2.40. The fraction of sp³-hybridized carbons (Fsp3) is 0.512. The molecule has 3 heterocycles. The van der Waals surface area contributed by atoms with Crippen LogP contribution in [0, 0.1) is 12.8 Å². The third-order valence-corrected chi connectivity index (χ3v) is 11.2. The van der Waals surface area contributed by atoms with Crippen LogP contribution in [-0.4, -0.2) is 82.8 Å². The molecular formula is C41H47Cl3F3N5O5. The molecule has 1 N–H and O–H groups in total. The van der Waals surface area contributed by atoms with Gasteiger partial charge in [0.15, 0.2) is 5.75 Å². The maximum Gasteiger partial charge on any atom is 0.410 e. The van der Waals surface area contributed by atoms with Crippen LogP contribution >= 0.6 is 34.8 Å². The number of aromatic nitrogens is 1. The number of hydrogen-bond acceptors (Lipinski definition) is 7. The van der Waals surface area contributed by atoms with E-state index < -0.39 is 36.1 Å². The number of halogens is 6. The average Bonchev–Trinajstić information content (AvgIpc) is 3.86. The summed E-state index contributed by atoms with van der Waals surface area (Å²) in [5.74, 6) is -0.934. The molecule has 10 nitrogen and oxygen atoms in total. The lowest BCUT2D eigenvalue weighted by atomic mass is 9.80. The topological polar surface area (TPSA) is 104 Å². The maximum absolute atomic E-state index is 14.8. The summed E-state index contributed by atoms with van der Waals surface area (Å²) in [7, 11) is 0. The van der Waals surface area contributed by atoms with Gasteiger partial charge in [-0.15, -0.1) is 0 Å². The van der Waals surface area contributed by atoms with E-state index in [4.69, 9.17) is 49.3 Å². The second-order valence-electron chi connectivity index (χ2n) is 16.1. The molecule has 3 aromatic rings. The number of anilines is 1. The molecule has 0 bridgehead atoms. The van der Waals surface area contributed by atoms with Gasteiger partial charge in [0.2, 0.25) is 11.8 Å². The molecule has 1 aliphatic carbocycles. The summed E-state index contributed by atoms with van der Waals surface area (Å²) in [6, 6.07) is 12.5. The minimum absolute atomic E-state index is 0.0447. The molecule has 0 radical (unpaired) electrons. The maximum atomic E-state index is 14.8. The Morgan fingerprint density at radius 3 is 2.28 bits per heavy atom. The molecule has 2 saturated heterocycles. The SMILES string of the molecule is Cc1cc(Cl)c(O[C@H]2CCN(c3ccc([C@H]4CCN(C(=O)OC(C)(C)C)C[C@@H]4C(=O)N(Cc4cc(CNC(=O)CC(F)(F)F)ccc4Cl)C4CC4)cn3)C2)c(Cl)c1. The second kappa shape index (κ2) is 17.5. The third-order valence-electron chi connectivity index (χ3n) is 10.2. The number of amides is 3. The van der Waals surface area contributed by atoms with Gasteiger partial charge in [0.1, 0.15) is 23.9 Å². The molecule has 0 spiro atoms. The Morgan fingerprint density at radius 1 is 0.930 bits per heavy atom. The number of likely N-dealkylation sites (tertiary alicyclic amines) is 1. The Labute approximate surface area is 345 Å². The van der Waals surface area contributed by atoms with E-state index in [1.54, 1.807) is 55.0 Å². The van der Waals surface area contributed by atoms with Gasteiger partial charge in [-0.05, 0) is 93.5 Å². The molecule has 308 valence electrons. The van der Waals surface area contributed by atoms with Crippen LogP contribution in [0.2, 0.25) is 15.1 Å². The Bertz CT molecular complexity index is 1930. The Kier molecular flexibility index (Phi) is 13.1. The second-order valence-corrected chi connectivity index (χ2v) is 17.3. The standard InChI is InChI=1S/C41H47Cl3F3N5O5/c1-24-15-33(43)37(34(44)16-24)56-29-11-13-50(22-29)35-10-6-26(20-48-35)30-12-14-51(39(55)57-40(2,3)4)23-31(30)38(54)52(28-7-8-28)21-27-17-25(5-9-32(27)42)19-49-36(53)18-41(45,46)47/h5-6,9-10,15-17,20,28-31H,7-8,11-14,18-19,21-23H2,1-4H3,(H,49,53)/t29-,30+,31-/m0/s1. The zero-order chi connectivity index (χ0) is 41.2. The number of nitrogens with one attached hydrogen (secondary N) is 1. The lowest BCUT2D eigenvalue weighted by molar-refractivity contribution is -0.153. The molecule has 3 fully saturated rings. The first-order chi connectivity index (χ1) is 26.8. The number of alkyl halides is 3. The van der Waals surface area contributed by atoms with E-state index in [0.717, 1.165) is 36.2 Å². The largest absolute Gasteiger partial charge is 0.485 e. The van der Waals surface area contributed by atoms with E-state index in [0.29, 0.717) is 58.0 Å². The zero-order valence-electron chi connectivity index (χ0n) is 32.3. The Hall–Kier alpha value is -3.94. The lowest BCUT2D eigenvalue weighted by Crippen LogP contribution is -2.51. The summed E-state index contributed by atoms with van der Waals surface area (Å²) in [6.45, 7) is 9.15. The van der Waals surface area contributed by atoms with Crippen LogP contribution in [0.4, 0.5) is 23.8 Å². The molecule has 3 aliphatic rings. The van der Waals surface area contributed by atoms with E-state index in [-0.39, 0.29) is 43.6 Å². The quantitative estimate of drug-likeness (QED) is 0.205. The highest BCUT2D eigenvalue weighted by Gasteiger charge is 2.44. The van der Waals surface area contributed by atoms with Crippen molar-refractivity contribution in [3.63, 3.8) is 0 Å². The van der Waals surface area contributed by atoms with E-state index >= 15 is 0 Å². The van der Waals surface area contributed by atoms with Crippen LogP contribution < -0.4 is 15.0 Å². The van der Waals surface area contributed by atoms with Crippen molar-refractivity contribution in [2.24, 2.45) is 5.92 Å². The predicted octanol–water partition coefficient (Wildman–Crippen LogP) is 9.11. The number of piperidine rings is 1. The summed E-state index contributed by atoms with van der Waals surface area (Å²) >= 11 is 19.5. The van der Waals surface area contributed by atoms with Crippen LogP contribution in [0.1, 0.15) is 81.0 Å². The van der Waals surface area contributed by atoms with Gasteiger partial charge in [0, 0.05) is 62.3 Å². The number of carbonyl (C=O) groups is 3. The van der Waals surface area contributed by atoms with Crippen molar-refractivity contribution in [3.8, 4) is 5.75 Å². The zero-order valence-corrected chi connectivity index (χ0v) is 34.6. The molecule has 2 aromatic carbocycles. The highest BCUT2D eigenvalue weighted by molar-refractivity contribution is 6.37. The number of benzene rings is 2. The van der Waals surface area contributed by atoms with E-state index in [2.05, 4.69) is 10.2 Å². The summed E-state index contributed by atoms with van der Waals surface area (Å²) in [6.07, 6.45) is -2.18. The summed E-state index contributed by atoms with van der Waals surface area (Å²) in [5.41, 5.74) is 2.24. The molecular weight excluding hydrogens is 806 g/mol. The van der Waals surface area contributed by atoms with Gasteiger partial charge in [-0.25, -0.2) is 9.78 Å². The molecule has 0 unspecified atom stereocenters. The fourth-order valence-electron chi connectivity index (χ4n) is 7.37. The summed E-state index contributed by atoms with van der Waals surface area (Å²) in [5, 5.41) is 3.62. The molecule has 3 amide bonds. The predicted molar refractivity (Wildman–Crippen MR) is 213 cm³/mol.